The number of alkyl halides is 2. The lowest BCUT2D eigenvalue weighted by Crippen LogP contribution is -2.62. The van der Waals surface area contributed by atoms with Gasteiger partial charge in [0, 0.05) is 29.4 Å². The molecule has 1 atom stereocenters. The standard InChI is InChI=1S/C25H25ClF3N7O2/c1-14-21-32-33-22(16-5-25(6-16)12-34(13-25)23-30-9-18(29)10-31-23)36(21)20-3-2-17(26)4-15(20)11-35(14)24(37)38-19(7-27)8-28/h2-4,9-10,14,16,19H,5-8,11-13H2,1H3. The molecule has 13 heteroatoms. The van der Waals surface area contributed by atoms with Crippen LogP contribution in [0.25, 0.3) is 5.69 Å². The van der Waals surface area contributed by atoms with E-state index in [1.807, 2.05) is 15.5 Å². The Bertz CT molecular complexity index is 1350. The molecule has 1 aliphatic carbocycles. The first kappa shape index (κ1) is 24.9. The maximum absolute atomic E-state index is 13.2. The van der Waals surface area contributed by atoms with E-state index in [4.69, 9.17) is 16.3 Å². The minimum atomic E-state index is -1.46. The Morgan fingerprint density at radius 2 is 1.84 bits per heavy atom. The van der Waals surface area contributed by atoms with Gasteiger partial charge in [-0.1, -0.05) is 11.6 Å². The Labute approximate surface area is 221 Å². The van der Waals surface area contributed by atoms with E-state index in [0.717, 1.165) is 43.0 Å². The highest BCUT2D eigenvalue weighted by Gasteiger charge is 2.55. The fraction of sp³-hybridized carbons (Fsp3) is 0.480. The molecule has 0 N–H and O–H groups in total. The fourth-order valence-electron chi connectivity index (χ4n) is 5.79. The Morgan fingerprint density at radius 1 is 1.16 bits per heavy atom. The SMILES string of the molecule is CC1c2nnc(C3CC4(C3)CN(c3ncc(F)cn3)C4)n2-c2ccc(Cl)cc2CN1C(=O)OC(CF)CF. The summed E-state index contributed by atoms with van der Waals surface area (Å²) in [5.74, 6) is 1.52. The van der Waals surface area contributed by atoms with E-state index < -0.39 is 37.4 Å². The van der Waals surface area contributed by atoms with Gasteiger partial charge >= 0.3 is 6.09 Å². The molecule has 4 heterocycles. The zero-order valence-corrected chi connectivity index (χ0v) is 21.3. The van der Waals surface area contributed by atoms with Gasteiger partial charge in [0.2, 0.25) is 5.95 Å². The number of amides is 1. The van der Waals surface area contributed by atoms with Crippen molar-refractivity contribution in [2.75, 3.05) is 31.3 Å². The van der Waals surface area contributed by atoms with Gasteiger partial charge in [-0.25, -0.2) is 27.9 Å². The fourth-order valence-corrected chi connectivity index (χ4v) is 5.98. The molecular weight excluding hydrogens is 523 g/mol. The van der Waals surface area contributed by atoms with E-state index in [0.29, 0.717) is 16.8 Å². The summed E-state index contributed by atoms with van der Waals surface area (Å²) in [5, 5.41) is 9.48. The summed E-state index contributed by atoms with van der Waals surface area (Å²) in [6.07, 6.45) is 1.82. The summed E-state index contributed by atoms with van der Waals surface area (Å²) in [4.78, 5) is 24.5. The van der Waals surface area contributed by atoms with Crippen molar-refractivity contribution in [2.24, 2.45) is 5.41 Å². The average Bonchev–Trinajstić information content (AvgIpc) is 3.24. The molecule has 1 amide bonds. The quantitative estimate of drug-likeness (QED) is 0.463. The number of carbonyl (C=O) groups excluding carboxylic acids is 1. The van der Waals surface area contributed by atoms with E-state index in [9.17, 15) is 18.0 Å². The van der Waals surface area contributed by atoms with Gasteiger partial charge in [-0.2, -0.15) is 0 Å². The average molecular weight is 548 g/mol. The molecule has 9 nitrogen and oxygen atoms in total. The Morgan fingerprint density at radius 3 is 2.53 bits per heavy atom. The molecule has 0 radical (unpaired) electrons. The first-order valence-electron chi connectivity index (χ1n) is 12.4. The molecule has 38 heavy (non-hydrogen) atoms. The molecule has 200 valence electrons. The second kappa shape index (κ2) is 9.40. The summed E-state index contributed by atoms with van der Waals surface area (Å²) < 4.78 is 46.3. The molecule has 1 saturated carbocycles. The third kappa shape index (κ3) is 4.14. The lowest BCUT2D eigenvalue weighted by atomic mass is 9.57. The summed E-state index contributed by atoms with van der Waals surface area (Å²) >= 11 is 6.29. The minimum absolute atomic E-state index is 0.109. The Hall–Kier alpha value is -3.41. The highest BCUT2D eigenvalue weighted by atomic mass is 35.5. The Kier molecular flexibility index (Phi) is 6.16. The number of fused-ring (bicyclic) bond motifs is 3. The normalized spacial score (nSPS) is 20.0. The number of hydrogen-bond donors (Lipinski definition) is 0. The Balaban J connectivity index is 1.25. The number of carbonyl (C=O) groups is 1. The van der Waals surface area contributed by atoms with Crippen molar-refractivity contribution in [3.63, 3.8) is 0 Å². The van der Waals surface area contributed by atoms with E-state index >= 15 is 0 Å². The number of nitrogens with zero attached hydrogens (tertiary/aromatic N) is 7. The predicted octanol–water partition coefficient (Wildman–Crippen LogP) is 4.55. The van der Waals surface area contributed by atoms with E-state index in [1.165, 1.54) is 17.3 Å². The van der Waals surface area contributed by atoms with Crippen LogP contribution in [0.5, 0.6) is 0 Å². The van der Waals surface area contributed by atoms with Crippen LogP contribution in [0.3, 0.4) is 0 Å². The third-order valence-corrected chi connectivity index (χ3v) is 7.92. The van der Waals surface area contributed by atoms with Crippen LogP contribution in [0, 0.1) is 11.2 Å². The summed E-state index contributed by atoms with van der Waals surface area (Å²) in [6.45, 7) is 1.26. The number of ether oxygens (including phenoxy) is 1. The van der Waals surface area contributed by atoms with Crippen molar-refractivity contribution in [3.8, 4) is 5.69 Å². The topological polar surface area (TPSA) is 89.3 Å². The van der Waals surface area contributed by atoms with Crippen LogP contribution in [-0.4, -0.2) is 68.3 Å². The molecule has 2 aliphatic heterocycles. The van der Waals surface area contributed by atoms with Gasteiger partial charge in [-0.05, 0) is 43.5 Å². The second-order valence-electron chi connectivity index (χ2n) is 10.3. The number of aromatic nitrogens is 5. The van der Waals surface area contributed by atoms with Crippen molar-refractivity contribution >= 4 is 23.6 Å². The number of hydrogen-bond acceptors (Lipinski definition) is 7. The predicted molar refractivity (Wildman–Crippen MR) is 131 cm³/mol. The van der Waals surface area contributed by atoms with Gasteiger partial charge < -0.3 is 9.64 Å². The van der Waals surface area contributed by atoms with Crippen molar-refractivity contribution < 1.29 is 22.7 Å². The van der Waals surface area contributed by atoms with Gasteiger partial charge in [0.05, 0.1) is 30.7 Å². The molecule has 0 bridgehead atoms. The number of benzene rings is 1. The van der Waals surface area contributed by atoms with Gasteiger partial charge in [0.25, 0.3) is 0 Å². The van der Waals surface area contributed by atoms with Crippen molar-refractivity contribution in [1.29, 1.82) is 0 Å². The molecule has 3 aromatic rings. The molecular formula is C25H25ClF3N7O2. The maximum Gasteiger partial charge on any atom is 0.411 e. The monoisotopic (exact) mass is 547 g/mol. The number of halogens is 4. The van der Waals surface area contributed by atoms with Crippen molar-refractivity contribution in [3.05, 3.63) is 58.6 Å². The largest absolute Gasteiger partial charge is 0.440 e. The van der Waals surface area contributed by atoms with Crippen LogP contribution < -0.4 is 4.90 Å². The first-order chi connectivity index (χ1) is 18.3. The van der Waals surface area contributed by atoms with Crippen LogP contribution in [-0.2, 0) is 11.3 Å². The lowest BCUT2D eigenvalue weighted by molar-refractivity contribution is 0.0286. The summed E-state index contributed by atoms with van der Waals surface area (Å²) in [7, 11) is 0. The van der Waals surface area contributed by atoms with Crippen LogP contribution in [0.15, 0.2) is 30.6 Å². The molecule has 6 rings (SSSR count). The highest BCUT2D eigenvalue weighted by molar-refractivity contribution is 6.30. The van der Waals surface area contributed by atoms with Crippen LogP contribution in [0.2, 0.25) is 5.02 Å². The van der Waals surface area contributed by atoms with E-state index in [1.54, 1.807) is 19.1 Å². The summed E-state index contributed by atoms with van der Waals surface area (Å²) in [5.41, 5.74) is 1.66. The highest BCUT2D eigenvalue weighted by Crippen LogP contribution is 2.56. The molecule has 2 aromatic heterocycles. The van der Waals surface area contributed by atoms with E-state index in [2.05, 4.69) is 20.2 Å². The molecule has 1 aromatic carbocycles. The zero-order valence-electron chi connectivity index (χ0n) is 20.5. The molecule has 1 saturated heterocycles. The van der Waals surface area contributed by atoms with Crippen LogP contribution >= 0.6 is 11.6 Å². The molecule has 1 spiro atoms. The molecule has 3 aliphatic rings. The smallest absolute Gasteiger partial charge is 0.411 e. The zero-order chi connectivity index (χ0) is 26.6. The summed E-state index contributed by atoms with van der Waals surface area (Å²) in [6, 6.07) is 4.83. The number of anilines is 1. The second-order valence-corrected chi connectivity index (χ2v) is 10.7. The van der Waals surface area contributed by atoms with Gasteiger partial charge in [-0.3, -0.25) is 9.47 Å². The van der Waals surface area contributed by atoms with Crippen LogP contribution in [0.1, 0.15) is 48.9 Å². The third-order valence-electron chi connectivity index (χ3n) is 7.69. The molecule has 2 fully saturated rings. The van der Waals surface area contributed by atoms with Crippen molar-refractivity contribution in [2.45, 2.75) is 44.4 Å². The minimum Gasteiger partial charge on any atom is -0.440 e. The van der Waals surface area contributed by atoms with Gasteiger partial charge in [-0.15, -0.1) is 10.2 Å². The molecule has 1 unspecified atom stereocenters. The maximum atomic E-state index is 13.2. The van der Waals surface area contributed by atoms with Gasteiger partial charge in [0.15, 0.2) is 17.7 Å². The van der Waals surface area contributed by atoms with Crippen LogP contribution in [0.4, 0.5) is 23.9 Å². The van der Waals surface area contributed by atoms with E-state index in [-0.39, 0.29) is 17.9 Å². The lowest BCUT2D eigenvalue weighted by Gasteiger charge is -2.58. The van der Waals surface area contributed by atoms with Gasteiger partial charge in [0.1, 0.15) is 19.2 Å². The number of rotatable bonds is 5. The first-order valence-corrected chi connectivity index (χ1v) is 12.7. The van der Waals surface area contributed by atoms with Crippen molar-refractivity contribution in [1.82, 2.24) is 29.6 Å².